The third-order valence-corrected chi connectivity index (χ3v) is 3.40. The van der Waals surface area contributed by atoms with E-state index in [1.165, 1.54) is 17.0 Å². The van der Waals surface area contributed by atoms with Gasteiger partial charge in [0.15, 0.2) is 0 Å². The number of halogens is 1. The molecule has 0 radical (unpaired) electrons. The van der Waals surface area contributed by atoms with E-state index in [2.05, 4.69) is 5.32 Å². The number of carbonyl (C=O) groups is 1. The van der Waals surface area contributed by atoms with Gasteiger partial charge in [-0.3, -0.25) is 0 Å². The molecule has 25 heavy (non-hydrogen) atoms. The average Bonchev–Trinajstić information content (AvgIpc) is 2.57. The van der Waals surface area contributed by atoms with Crippen molar-refractivity contribution in [1.29, 1.82) is 5.26 Å². The maximum absolute atomic E-state index is 14.1. The summed E-state index contributed by atoms with van der Waals surface area (Å²) in [6.07, 6.45) is -0.0570. The van der Waals surface area contributed by atoms with Crippen molar-refractivity contribution in [3.63, 3.8) is 0 Å². The number of urea groups is 1. The first-order valence-electron chi connectivity index (χ1n) is 7.86. The molecular weight excluding hydrogens is 321 g/mol. The second-order valence-electron chi connectivity index (χ2n) is 5.90. The Morgan fingerprint density at radius 3 is 2.52 bits per heavy atom. The number of anilines is 1. The first-order valence-corrected chi connectivity index (χ1v) is 7.86. The van der Waals surface area contributed by atoms with Crippen LogP contribution in [0.5, 0.6) is 5.75 Å². The van der Waals surface area contributed by atoms with Crippen LogP contribution >= 0.6 is 0 Å². The molecule has 0 saturated carbocycles. The predicted octanol–water partition coefficient (Wildman–Crippen LogP) is 4.15. The summed E-state index contributed by atoms with van der Waals surface area (Å²) >= 11 is 0. The number of carbonyl (C=O) groups excluding carboxylic acids is 1. The van der Waals surface area contributed by atoms with E-state index in [0.29, 0.717) is 17.9 Å². The number of nitrogens with one attached hydrogen (secondary N) is 1. The quantitative estimate of drug-likeness (QED) is 0.888. The second-order valence-corrected chi connectivity index (χ2v) is 5.90. The zero-order valence-electron chi connectivity index (χ0n) is 14.4. The summed E-state index contributed by atoms with van der Waals surface area (Å²) in [6, 6.07) is 12.9. The van der Waals surface area contributed by atoms with E-state index < -0.39 is 11.8 Å². The molecule has 5 nitrogen and oxygen atoms in total. The number of amides is 2. The fourth-order valence-electron chi connectivity index (χ4n) is 2.18. The Kier molecular flexibility index (Phi) is 5.96. The lowest BCUT2D eigenvalue weighted by molar-refractivity contribution is 0.220. The van der Waals surface area contributed by atoms with Crippen molar-refractivity contribution < 1.29 is 13.9 Å². The lowest BCUT2D eigenvalue weighted by atomic mass is 10.1. The van der Waals surface area contributed by atoms with Crippen LogP contribution in [0.4, 0.5) is 14.9 Å². The molecule has 1 N–H and O–H groups in total. The summed E-state index contributed by atoms with van der Waals surface area (Å²) in [5, 5.41) is 11.3. The number of nitrogens with zero attached hydrogens (tertiary/aromatic N) is 2. The van der Waals surface area contributed by atoms with Crippen molar-refractivity contribution in [2.75, 3.05) is 12.4 Å². The van der Waals surface area contributed by atoms with Crippen LogP contribution in [0.25, 0.3) is 0 Å². The molecule has 0 aliphatic carbocycles. The van der Waals surface area contributed by atoms with E-state index >= 15 is 0 Å². The van der Waals surface area contributed by atoms with E-state index in [1.807, 2.05) is 19.9 Å². The Labute approximate surface area is 146 Å². The molecule has 0 aliphatic rings. The molecule has 130 valence electrons. The lowest BCUT2D eigenvalue weighted by Crippen LogP contribution is -2.31. The predicted molar refractivity (Wildman–Crippen MR) is 93.8 cm³/mol. The topological polar surface area (TPSA) is 65.4 Å². The van der Waals surface area contributed by atoms with Crippen molar-refractivity contribution in [2.24, 2.45) is 0 Å². The Morgan fingerprint density at radius 1 is 1.28 bits per heavy atom. The maximum Gasteiger partial charge on any atom is 0.321 e. The highest BCUT2D eigenvalue weighted by Gasteiger charge is 2.13. The largest absolute Gasteiger partial charge is 0.491 e. The molecule has 0 heterocycles. The molecule has 6 heteroatoms. The monoisotopic (exact) mass is 341 g/mol. The summed E-state index contributed by atoms with van der Waals surface area (Å²) in [4.78, 5) is 13.6. The minimum atomic E-state index is -0.557. The number of rotatable bonds is 5. The van der Waals surface area contributed by atoms with Gasteiger partial charge >= 0.3 is 6.03 Å². The number of benzene rings is 2. The summed E-state index contributed by atoms with van der Waals surface area (Å²) < 4.78 is 19.5. The first kappa shape index (κ1) is 18.3. The van der Waals surface area contributed by atoms with Crippen molar-refractivity contribution >= 4 is 11.7 Å². The molecular formula is C19H20FN3O2. The Morgan fingerprint density at radius 2 is 1.96 bits per heavy atom. The Balaban J connectivity index is 1.99. The van der Waals surface area contributed by atoms with E-state index in [-0.39, 0.29) is 11.8 Å². The van der Waals surface area contributed by atoms with Crippen LogP contribution in [0.15, 0.2) is 42.5 Å². The first-order chi connectivity index (χ1) is 11.9. The SMILES string of the molecule is CC(C)Oc1ccc(NC(=O)N(C)Cc2ccc(C#N)cc2)c(F)c1. The molecule has 0 fully saturated rings. The summed E-state index contributed by atoms with van der Waals surface area (Å²) in [5.74, 6) is -0.144. The average molecular weight is 341 g/mol. The van der Waals surface area contributed by atoms with Gasteiger partial charge in [-0.2, -0.15) is 5.26 Å². The van der Waals surface area contributed by atoms with Gasteiger partial charge in [-0.15, -0.1) is 0 Å². The minimum absolute atomic E-state index is 0.0570. The standard InChI is InChI=1S/C19H20FN3O2/c1-13(2)25-16-8-9-18(17(20)10-16)22-19(24)23(3)12-15-6-4-14(11-21)5-7-15/h4-10,13H,12H2,1-3H3,(H,22,24). The van der Waals surface area contributed by atoms with Crippen LogP contribution < -0.4 is 10.1 Å². The minimum Gasteiger partial charge on any atom is -0.491 e. The molecule has 0 aromatic heterocycles. The molecule has 0 atom stereocenters. The van der Waals surface area contributed by atoms with Crippen molar-refractivity contribution in [3.05, 3.63) is 59.4 Å². The number of hydrogen-bond acceptors (Lipinski definition) is 3. The van der Waals surface area contributed by atoms with E-state index in [1.54, 1.807) is 37.4 Å². The molecule has 2 aromatic rings. The maximum atomic E-state index is 14.1. The van der Waals surface area contributed by atoms with Crippen LogP contribution in [0.3, 0.4) is 0 Å². The summed E-state index contributed by atoms with van der Waals surface area (Å²) in [7, 11) is 1.61. The van der Waals surface area contributed by atoms with E-state index in [9.17, 15) is 9.18 Å². The number of nitriles is 1. The molecule has 2 aromatic carbocycles. The Hall–Kier alpha value is -3.07. The van der Waals surface area contributed by atoms with Gasteiger partial charge in [-0.25, -0.2) is 9.18 Å². The van der Waals surface area contributed by atoms with Gasteiger partial charge in [0, 0.05) is 19.7 Å². The highest BCUT2D eigenvalue weighted by atomic mass is 19.1. The van der Waals surface area contributed by atoms with Crippen molar-refractivity contribution in [1.82, 2.24) is 4.90 Å². The van der Waals surface area contributed by atoms with Crippen LogP contribution in [0.2, 0.25) is 0 Å². The molecule has 2 rings (SSSR count). The van der Waals surface area contributed by atoms with Gasteiger partial charge in [-0.1, -0.05) is 12.1 Å². The molecule has 0 unspecified atom stereocenters. The summed E-state index contributed by atoms with van der Waals surface area (Å²) in [5.41, 5.74) is 1.52. The van der Waals surface area contributed by atoms with Gasteiger partial charge in [-0.05, 0) is 43.7 Å². The number of hydrogen-bond donors (Lipinski definition) is 1. The zero-order valence-corrected chi connectivity index (χ0v) is 14.4. The number of ether oxygens (including phenoxy) is 1. The second kappa shape index (κ2) is 8.15. The van der Waals surface area contributed by atoms with Crippen LogP contribution in [0, 0.1) is 17.1 Å². The van der Waals surface area contributed by atoms with Gasteiger partial charge < -0.3 is 15.0 Å². The molecule has 0 spiro atoms. The molecule has 0 bridgehead atoms. The zero-order chi connectivity index (χ0) is 18.4. The fourth-order valence-corrected chi connectivity index (χ4v) is 2.18. The fraction of sp³-hybridized carbons (Fsp3) is 0.263. The van der Waals surface area contributed by atoms with Crippen molar-refractivity contribution in [3.8, 4) is 11.8 Å². The lowest BCUT2D eigenvalue weighted by Gasteiger charge is -2.19. The van der Waals surface area contributed by atoms with Crippen LogP contribution in [0.1, 0.15) is 25.0 Å². The van der Waals surface area contributed by atoms with Crippen LogP contribution in [-0.2, 0) is 6.54 Å². The van der Waals surface area contributed by atoms with Crippen molar-refractivity contribution in [2.45, 2.75) is 26.5 Å². The highest BCUT2D eigenvalue weighted by molar-refractivity contribution is 5.89. The Bertz CT molecular complexity index is 782. The van der Waals surface area contributed by atoms with Gasteiger partial charge in [0.25, 0.3) is 0 Å². The highest BCUT2D eigenvalue weighted by Crippen LogP contribution is 2.22. The molecule has 2 amide bonds. The van der Waals surface area contributed by atoms with Gasteiger partial charge in [0.2, 0.25) is 0 Å². The van der Waals surface area contributed by atoms with E-state index in [4.69, 9.17) is 10.00 Å². The summed E-state index contributed by atoms with van der Waals surface area (Å²) in [6.45, 7) is 4.05. The normalized spacial score (nSPS) is 10.2. The smallest absolute Gasteiger partial charge is 0.321 e. The van der Waals surface area contributed by atoms with Gasteiger partial charge in [0.1, 0.15) is 11.6 Å². The third kappa shape index (κ3) is 5.21. The van der Waals surface area contributed by atoms with Crippen LogP contribution in [-0.4, -0.2) is 24.1 Å². The van der Waals surface area contributed by atoms with Gasteiger partial charge in [0.05, 0.1) is 23.4 Å². The third-order valence-electron chi connectivity index (χ3n) is 3.40. The molecule has 0 saturated heterocycles. The van der Waals surface area contributed by atoms with E-state index in [0.717, 1.165) is 5.56 Å². The molecule has 0 aliphatic heterocycles.